The van der Waals surface area contributed by atoms with E-state index in [0.29, 0.717) is 0 Å². The molecule has 21 heavy (non-hydrogen) atoms. The summed E-state index contributed by atoms with van der Waals surface area (Å²) in [5, 5.41) is 3.08. The van der Waals surface area contributed by atoms with Crippen molar-refractivity contribution in [3.05, 3.63) is 35.9 Å². The molecule has 0 unspecified atom stereocenters. The second kappa shape index (κ2) is 8.71. The van der Waals surface area contributed by atoms with Crippen molar-refractivity contribution in [3.63, 3.8) is 0 Å². The molecule has 0 aliphatic heterocycles. The van der Waals surface area contributed by atoms with E-state index in [1.165, 1.54) is 31.2 Å². The zero-order valence-electron chi connectivity index (χ0n) is 13.2. The third-order valence-corrected chi connectivity index (χ3v) is 4.49. The summed E-state index contributed by atoms with van der Waals surface area (Å²) in [6.07, 6.45) is 7.50. The van der Waals surface area contributed by atoms with Gasteiger partial charge in [-0.3, -0.25) is 0 Å². The van der Waals surface area contributed by atoms with Gasteiger partial charge in [0.2, 0.25) is 0 Å². The molecule has 0 aromatic heterocycles. The molecular formula is C18H28N2O. The molecule has 1 aliphatic carbocycles. The van der Waals surface area contributed by atoms with Gasteiger partial charge in [0.05, 0.1) is 0 Å². The number of nitrogens with zero attached hydrogens (tertiary/aromatic N) is 1. The molecule has 3 heteroatoms. The van der Waals surface area contributed by atoms with Crippen molar-refractivity contribution < 1.29 is 4.79 Å². The van der Waals surface area contributed by atoms with Crippen molar-refractivity contribution in [2.75, 3.05) is 19.6 Å². The summed E-state index contributed by atoms with van der Waals surface area (Å²) in [5.74, 6) is 0.838. The van der Waals surface area contributed by atoms with Crippen molar-refractivity contribution in [2.45, 2.75) is 45.4 Å². The van der Waals surface area contributed by atoms with Crippen LogP contribution in [0.3, 0.4) is 0 Å². The number of nitrogens with one attached hydrogen (secondary N) is 1. The predicted octanol–water partition coefficient (Wildman–Crippen LogP) is 3.84. The predicted molar refractivity (Wildman–Crippen MR) is 87.4 cm³/mol. The fraction of sp³-hybridized carbons (Fsp3) is 0.611. The van der Waals surface area contributed by atoms with Crippen LogP contribution in [0.2, 0.25) is 0 Å². The van der Waals surface area contributed by atoms with Gasteiger partial charge in [-0.15, -0.1) is 0 Å². The Kier molecular flexibility index (Phi) is 6.58. The number of carbonyl (C=O) groups is 1. The minimum Gasteiger partial charge on any atom is -0.338 e. The first-order chi connectivity index (χ1) is 10.3. The van der Waals surface area contributed by atoms with Gasteiger partial charge >= 0.3 is 6.03 Å². The molecule has 2 rings (SSSR count). The molecular weight excluding hydrogens is 260 g/mol. The monoisotopic (exact) mass is 288 g/mol. The Morgan fingerprint density at radius 2 is 1.95 bits per heavy atom. The molecule has 2 amide bonds. The average Bonchev–Trinajstić information content (AvgIpc) is 3.02. The van der Waals surface area contributed by atoms with Gasteiger partial charge in [0.15, 0.2) is 0 Å². The molecule has 1 aromatic rings. The third kappa shape index (κ3) is 5.41. The lowest BCUT2D eigenvalue weighted by molar-refractivity contribution is 0.200. The summed E-state index contributed by atoms with van der Waals surface area (Å²) >= 11 is 0. The zero-order valence-corrected chi connectivity index (χ0v) is 13.2. The lowest BCUT2D eigenvalue weighted by atomic mass is 10.0. The zero-order chi connectivity index (χ0) is 14.9. The highest BCUT2D eigenvalue weighted by Gasteiger charge is 2.16. The number of urea groups is 1. The summed E-state index contributed by atoms with van der Waals surface area (Å²) in [7, 11) is 0. The van der Waals surface area contributed by atoms with Crippen LogP contribution in [-0.4, -0.2) is 30.6 Å². The maximum Gasteiger partial charge on any atom is 0.317 e. The fourth-order valence-electron chi connectivity index (χ4n) is 3.11. The van der Waals surface area contributed by atoms with E-state index >= 15 is 0 Å². The van der Waals surface area contributed by atoms with Crippen molar-refractivity contribution in [1.29, 1.82) is 0 Å². The third-order valence-electron chi connectivity index (χ3n) is 4.49. The lowest BCUT2D eigenvalue weighted by Gasteiger charge is -2.22. The van der Waals surface area contributed by atoms with Crippen molar-refractivity contribution in [2.24, 2.45) is 5.92 Å². The second-order valence-corrected chi connectivity index (χ2v) is 5.99. The first kappa shape index (κ1) is 15.9. The van der Waals surface area contributed by atoms with Crippen LogP contribution in [0.5, 0.6) is 0 Å². The molecule has 1 aromatic carbocycles. The van der Waals surface area contributed by atoms with E-state index in [-0.39, 0.29) is 6.03 Å². The molecule has 3 nitrogen and oxygen atoms in total. The molecule has 0 radical (unpaired) electrons. The number of amides is 2. The van der Waals surface area contributed by atoms with Crippen LogP contribution in [0, 0.1) is 5.92 Å². The van der Waals surface area contributed by atoms with Gasteiger partial charge in [0.25, 0.3) is 0 Å². The molecule has 0 saturated heterocycles. The Balaban J connectivity index is 1.68. The van der Waals surface area contributed by atoms with E-state index in [1.807, 2.05) is 30.0 Å². The van der Waals surface area contributed by atoms with Crippen molar-refractivity contribution in [1.82, 2.24) is 10.2 Å². The van der Waals surface area contributed by atoms with Crippen LogP contribution in [0.25, 0.3) is 0 Å². The normalized spacial score (nSPS) is 15.1. The summed E-state index contributed by atoms with van der Waals surface area (Å²) in [4.78, 5) is 14.1. The van der Waals surface area contributed by atoms with Gasteiger partial charge < -0.3 is 10.2 Å². The van der Waals surface area contributed by atoms with E-state index in [4.69, 9.17) is 0 Å². The maximum atomic E-state index is 12.2. The molecule has 0 heterocycles. The highest BCUT2D eigenvalue weighted by Crippen LogP contribution is 2.26. The highest BCUT2D eigenvalue weighted by atomic mass is 16.2. The fourth-order valence-corrected chi connectivity index (χ4v) is 3.11. The van der Waals surface area contributed by atoms with Gasteiger partial charge in [0, 0.05) is 19.6 Å². The highest BCUT2D eigenvalue weighted by molar-refractivity contribution is 5.74. The first-order valence-corrected chi connectivity index (χ1v) is 8.36. The summed E-state index contributed by atoms with van der Waals surface area (Å²) in [5.41, 5.74) is 1.29. The SMILES string of the molecule is CCN(CCc1ccccc1)C(=O)NCCC1CCCC1. The van der Waals surface area contributed by atoms with Crippen molar-refractivity contribution >= 4 is 6.03 Å². The number of rotatable bonds is 7. The van der Waals surface area contributed by atoms with E-state index in [9.17, 15) is 4.79 Å². The topological polar surface area (TPSA) is 32.3 Å². The average molecular weight is 288 g/mol. The number of likely N-dealkylation sites (N-methyl/N-ethyl adjacent to an activating group) is 1. The number of benzene rings is 1. The Labute approximate surface area is 128 Å². The van der Waals surface area contributed by atoms with Gasteiger partial charge in [-0.2, -0.15) is 0 Å². The minimum atomic E-state index is 0.0893. The van der Waals surface area contributed by atoms with Gasteiger partial charge in [-0.05, 0) is 31.2 Å². The summed E-state index contributed by atoms with van der Waals surface area (Å²) in [6, 6.07) is 10.4. The molecule has 1 fully saturated rings. The Morgan fingerprint density at radius 1 is 1.24 bits per heavy atom. The molecule has 1 N–H and O–H groups in total. The van der Waals surface area contributed by atoms with E-state index in [1.54, 1.807) is 0 Å². The second-order valence-electron chi connectivity index (χ2n) is 5.99. The van der Waals surface area contributed by atoms with E-state index in [2.05, 4.69) is 17.4 Å². The molecule has 116 valence electrons. The molecule has 0 spiro atoms. The molecule has 0 atom stereocenters. The quantitative estimate of drug-likeness (QED) is 0.812. The largest absolute Gasteiger partial charge is 0.338 e. The van der Waals surface area contributed by atoms with Crippen LogP contribution in [0.1, 0.15) is 44.6 Å². The standard InChI is InChI=1S/C18H28N2O/c1-2-20(15-13-17-8-4-3-5-9-17)18(21)19-14-12-16-10-6-7-11-16/h3-5,8-9,16H,2,6-7,10-15H2,1H3,(H,19,21). The maximum absolute atomic E-state index is 12.2. The van der Waals surface area contributed by atoms with Crippen molar-refractivity contribution in [3.8, 4) is 0 Å². The summed E-state index contributed by atoms with van der Waals surface area (Å²) < 4.78 is 0. The van der Waals surface area contributed by atoms with Crippen LogP contribution >= 0.6 is 0 Å². The summed E-state index contributed by atoms with van der Waals surface area (Å²) in [6.45, 7) is 4.42. The van der Waals surface area contributed by atoms with E-state index in [0.717, 1.165) is 38.4 Å². The van der Waals surface area contributed by atoms with Gasteiger partial charge in [-0.25, -0.2) is 4.79 Å². The Morgan fingerprint density at radius 3 is 2.62 bits per heavy atom. The Bertz CT molecular complexity index is 412. The van der Waals surface area contributed by atoms with Crippen LogP contribution in [0.4, 0.5) is 4.79 Å². The lowest BCUT2D eigenvalue weighted by Crippen LogP contribution is -2.41. The first-order valence-electron chi connectivity index (χ1n) is 8.36. The smallest absolute Gasteiger partial charge is 0.317 e. The number of hydrogen-bond acceptors (Lipinski definition) is 1. The molecule has 0 bridgehead atoms. The number of carbonyl (C=O) groups excluding carboxylic acids is 1. The van der Waals surface area contributed by atoms with Crippen LogP contribution in [-0.2, 0) is 6.42 Å². The number of hydrogen-bond donors (Lipinski definition) is 1. The minimum absolute atomic E-state index is 0.0893. The van der Waals surface area contributed by atoms with Crippen LogP contribution < -0.4 is 5.32 Å². The van der Waals surface area contributed by atoms with Gasteiger partial charge in [-0.1, -0.05) is 56.0 Å². The van der Waals surface area contributed by atoms with Crippen LogP contribution in [0.15, 0.2) is 30.3 Å². The Hall–Kier alpha value is -1.51. The van der Waals surface area contributed by atoms with E-state index < -0.39 is 0 Å². The molecule has 1 saturated carbocycles. The molecule has 1 aliphatic rings. The van der Waals surface area contributed by atoms with Gasteiger partial charge in [0.1, 0.15) is 0 Å².